The topological polar surface area (TPSA) is 78.3 Å². The van der Waals surface area contributed by atoms with Crippen molar-refractivity contribution in [2.45, 2.75) is 26.3 Å². The average molecular weight is 354 g/mol. The minimum atomic E-state index is -0.363. The Labute approximate surface area is 152 Å². The van der Waals surface area contributed by atoms with Crippen molar-refractivity contribution in [2.75, 3.05) is 19.5 Å². The molecule has 1 aromatic carbocycles. The van der Waals surface area contributed by atoms with Gasteiger partial charge in [0.15, 0.2) is 0 Å². The molecule has 2 atom stereocenters. The summed E-state index contributed by atoms with van der Waals surface area (Å²) in [6.45, 7) is 4.13. The van der Waals surface area contributed by atoms with Crippen LogP contribution in [0.15, 0.2) is 36.3 Å². The summed E-state index contributed by atoms with van der Waals surface area (Å²) in [6, 6.07) is 5.26. The normalized spacial score (nSPS) is 23.4. The maximum atomic E-state index is 13.1. The largest absolute Gasteiger partial charge is 0.497 e. The monoisotopic (exact) mass is 354 g/mol. The van der Waals surface area contributed by atoms with Crippen LogP contribution in [0.4, 0.5) is 5.95 Å². The number of allylic oxidation sites excluding steroid dienone is 2. The quantitative estimate of drug-likeness (QED) is 0.913. The van der Waals surface area contributed by atoms with E-state index in [1.165, 1.54) is 6.33 Å². The standard InChI is InChI=1S/C19H22N4O3/c1-19(2)8-13-16(14(24)9-19)17(23-18(22-13)20-10-21-23)12-7-11(25-3)5-6-15(12)26-4/h5-8,10,16-17H,9H2,1-4H3,(H,20,21,22). The van der Waals surface area contributed by atoms with Crippen LogP contribution in [0, 0.1) is 11.3 Å². The number of anilines is 1. The summed E-state index contributed by atoms with van der Waals surface area (Å²) in [7, 11) is 3.24. The van der Waals surface area contributed by atoms with E-state index < -0.39 is 0 Å². The summed E-state index contributed by atoms with van der Waals surface area (Å²) < 4.78 is 12.7. The molecule has 2 unspecified atom stereocenters. The fourth-order valence-electron chi connectivity index (χ4n) is 3.95. The first-order chi connectivity index (χ1) is 12.4. The zero-order chi connectivity index (χ0) is 18.5. The Morgan fingerprint density at radius 1 is 1.27 bits per heavy atom. The zero-order valence-corrected chi connectivity index (χ0v) is 15.3. The van der Waals surface area contributed by atoms with Crippen LogP contribution in [-0.2, 0) is 4.79 Å². The van der Waals surface area contributed by atoms with Crippen LogP contribution in [0.3, 0.4) is 0 Å². The highest BCUT2D eigenvalue weighted by Gasteiger charge is 2.45. The molecule has 0 saturated carbocycles. The molecule has 1 aliphatic carbocycles. The van der Waals surface area contributed by atoms with Crippen molar-refractivity contribution in [3.63, 3.8) is 0 Å². The number of hydrogen-bond donors (Lipinski definition) is 1. The van der Waals surface area contributed by atoms with E-state index in [2.05, 4.69) is 35.3 Å². The number of carbonyl (C=O) groups is 1. The van der Waals surface area contributed by atoms with E-state index in [4.69, 9.17) is 9.47 Å². The lowest BCUT2D eigenvalue weighted by molar-refractivity contribution is -0.125. The summed E-state index contributed by atoms with van der Waals surface area (Å²) in [5, 5.41) is 7.66. The van der Waals surface area contributed by atoms with Crippen LogP contribution in [0.5, 0.6) is 11.5 Å². The fourth-order valence-corrected chi connectivity index (χ4v) is 3.95. The molecule has 1 aliphatic heterocycles. The third-order valence-corrected chi connectivity index (χ3v) is 5.02. The smallest absolute Gasteiger partial charge is 0.226 e. The second kappa shape index (κ2) is 5.86. The van der Waals surface area contributed by atoms with Crippen molar-refractivity contribution in [1.29, 1.82) is 0 Å². The first-order valence-electron chi connectivity index (χ1n) is 8.57. The molecule has 0 spiro atoms. The third kappa shape index (κ3) is 2.55. The molecule has 4 rings (SSSR count). The predicted molar refractivity (Wildman–Crippen MR) is 96.3 cm³/mol. The first kappa shape index (κ1) is 16.6. The number of hydrogen-bond acceptors (Lipinski definition) is 6. The van der Waals surface area contributed by atoms with Gasteiger partial charge in [0.05, 0.1) is 26.2 Å². The van der Waals surface area contributed by atoms with Gasteiger partial charge in [0.1, 0.15) is 23.6 Å². The summed E-state index contributed by atoms with van der Waals surface area (Å²) in [4.78, 5) is 17.4. The number of fused-ring (bicyclic) bond motifs is 2. The molecule has 2 aliphatic rings. The van der Waals surface area contributed by atoms with Gasteiger partial charge in [-0.2, -0.15) is 10.1 Å². The lowest BCUT2D eigenvalue weighted by Crippen LogP contribution is -2.42. The van der Waals surface area contributed by atoms with Gasteiger partial charge >= 0.3 is 0 Å². The van der Waals surface area contributed by atoms with Crippen LogP contribution in [0.2, 0.25) is 0 Å². The van der Waals surface area contributed by atoms with Gasteiger partial charge in [-0.1, -0.05) is 19.9 Å². The van der Waals surface area contributed by atoms with Crippen molar-refractivity contribution < 1.29 is 14.3 Å². The number of ketones is 1. The molecule has 2 aromatic rings. The van der Waals surface area contributed by atoms with Crippen LogP contribution < -0.4 is 14.8 Å². The molecule has 0 radical (unpaired) electrons. The van der Waals surface area contributed by atoms with E-state index in [0.717, 1.165) is 11.3 Å². The molecule has 0 saturated heterocycles. The van der Waals surface area contributed by atoms with Gasteiger partial charge in [0.25, 0.3) is 0 Å². The first-order valence-corrected chi connectivity index (χ1v) is 8.57. The van der Waals surface area contributed by atoms with Crippen molar-refractivity contribution in [1.82, 2.24) is 14.8 Å². The number of methoxy groups -OCH3 is 2. The average Bonchev–Trinajstić information content (AvgIpc) is 3.06. The molecule has 0 fully saturated rings. The lowest BCUT2D eigenvalue weighted by Gasteiger charge is -2.40. The molecule has 7 heteroatoms. The highest BCUT2D eigenvalue weighted by Crippen LogP contribution is 2.47. The number of aromatic nitrogens is 3. The van der Waals surface area contributed by atoms with E-state index in [0.29, 0.717) is 23.9 Å². The number of Topliss-reactive ketones (excluding diaryl/α,β-unsaturated/α-hetero) is 1. The second-order valence-electron chi connectivity index (χ2n) is 7.41. The SMILES string of the molecule is COc1ccc(OC)c(C2C3C(=O)CC(C)(C)C=C3Nc3ncnn32)c1. The van der Waals surface area contributed by atoms with E-state index in [1.807, 2.05) is 18.2 Å². The summed E-state index contributed by atoms with van der Waals surface area (Å²) >= 11 is 0. The van der Waals surface area contributed by atoms with Crippen molar-refractivity contribution >= 4 is 11.7 Å². The molecular formula is C19H22N4O3. The molecule has 2 heterocycles. The number of nitrogens with zero attached hydrogens (tertiary/aromatic N) is 3. The van der Waals surface area contributed by atoms with Crippen LogP contribution in [0.25, 0.3) is 0 Å². The number of rotatable bonds is 3. The molecule has 0 amide bonds. The number of ether oxygens (including phenoxy) is 2. The summed E-state index contributed by atoms with van der Waals surface area (Å²) in [5.41, 5.74) is 1.53. The van der Waals surface area contributed by atoms with E-state index in [1.54, 1.807) is 18.9 Å². The van der Waals surface area contributed by atoms with Crippen LogP contribution >= 0.6 is 0 Å². The minimum Gasteiger partial charge on any atom is -0.497 e. The molecule has 1 aromatic heterocycles. The fraction of sp³-hybridized carbons (Fsp3) is 0.421. The predicted octanol–water partition coefficient (Wildman–Crippen LogP) is 2.81. The Bertz CT molecular complexity index is 900. The number of nitrogens with one attached hydrogen (secondary N) is 1. The van der Waals surface area contributed by atoms with Crippen LogP contribution in [-0.4, -0.2) is 34.8 Å². The summed E-state index contributed by atoms with van der Waals surface area (Å²) in [6.07, 6.45) is 4.11. The van der Waals surface area contributed by atoms with Gasteiger partial charge in [-0.15, -0.1) is 0 Å². The maximum absolute atomic E-state index is 13.1. The number of benzene rings is 1. The van der Waals surface area contributed by atoms with Crippen molar-refractivity contribution in [3.05, 3.63) is 41.9 Å². The Kier molecular flexibility index (Phi) is 3.75. The Morgan fingerprint density at radius 2 is 2.08 bits per heavy atom. The minimum absolute atomic E-state index is 0.177. The van der Waals surface area contributed by atoms with E-state index >= 15 is 0 Å². The molecular weight excluding hydrogens is 332 g/mol. The molecule has 7 nitrogen and oxygen atoms in total. The maximum Gasteiger partial charge on any atom is 0.226 e. The number of carbonyl (C=O) groups excluding carboxylic acids is 1. The third-order valence-electron chi connectivity index (χ3n) is 5.02. The lowest BCUT2D eigenvalue weighted by atomic mass is 9.72. The molecule has 26 heavy (non-hydrogen) atoms. The molecule has 1 N–H and O–H groups in total. The van der Waals surface area contributed by atoms with Gasteiger partial charge in [-0.3, -0.25) is 4.79 Å². The second-order valence-corrected chi connectivity index (χ2v) is 7.41. The Morgan fingerprint density at radius 3 is 2.81 bits per heavy atom. The summed E-state index contributed by atoms with van der Waals surface area (Å²) in [5.74, 6) is 1.83. The van der Waals surface area contributed by atoms with Gasteiger partial charge in [-0.25, -0.2) is 4.68 Å². The van der Waals surface area contributed by atoms with E-state index in [-0.39, 0.29) is 23.2 Å². The van der Waals surface area contributed by atoms with Crippen molar-refractivity contribution in [3.8, 4) is 11.5 Å². The Balaban J connectivity index is 1.94. The van der Waals surface area contributed by atoms with Crippen molar-refractivity contribution in [2.24, 2.45) is 11.3 Å². The molecule has 0 bridgehead atoms. The molecule has 136 valence electrons. The zero-order valence-electron chi connectivity index (χ0n) is 15.3. The van der Waals surface area contributed by atoms with Gasteiger partial charge < -0.3 is 14.8 Å². The highest BCUT2D eigenvalue weighted by molar-refractivity contribution is 5.88. The van der Waals surface area contributed by atoms with Gasteiger partial charge in [0, 0.05) is 17.7 Å². The van der Waals surface area contributed by atoms with E-state index in [9.17, 15) is 4.79 Å². The van der Waals surface area contributed by atoms with Gasteiger partial charge in [0.2, 0.25) is 5.95 Å². The Hall–Kier alpha value is -2.83. The van der Waals surface area contributed by atoms with Crippen LogP contribution in [0.1, 0.15) is 31.9 Å². The van der Waals surface area contributed by atoms with Gasteiger partial charge in [-0.05, 0) is 23.6 Å². The highest BCUT2D eigenvalue weighted by atomic mass is 16.5.